The Hall–Kier alpha value is -3.91. The smallest absolute Gasteiger partial charge is 0.340 e. The highest BCUT2D eigenvalue weighted by molar-refractivity contribution is 6.09. The van der Waals surface area contributed by atoms with Gasteiger partial charge in [-0.25, -0.2) is 4.79 Å². The summed E-state index contributed by atoms with van der Waals surface area (Å²) in [5, 5.41) is 10.7. The molecule has 0 bridgehead atoms. The van der Waals surface area contributed by atoms with Crippen molar-refractivity contribution in [2.24, 2.45) is 0 Å². The molecule has 1 fully saturated rings. The van der Waals surface area contributed by atoms with Crippen LogP contribution in [0.2, 0.25) is 0 Å². The van der Waals surface area contributed by atoms with E-state index >= 15 is 0 Å². The molecule has 1 amide bonds. The second kappa shape index (κ2) is 10.8. The molecule has 0 aliphatic carbocycles. The molecule has 0 spiro atoms. The maximum Gasteiger partial charge on any atom is 0.340 e. The maximum absolute atomic E-state index is 13.4. The minimum Gasteiger partial charge on any atom is -0.506 e. The Bertz CT molecular complexity index is 1120. The number of aromatic nitrogens is 1. The molecule has 4 rings (SSSR count). The Morgan fingerprint density at radius 2 is 1.71 bits per heavy atom. The minimum absolute atomic E-state index is 0.126. The van der Waals surface area contributed by atoms with Gasteiger partial charge in [0.05, 0.1) is 12.7 Å². The number of hydrogen-bond acceptors (Lipinski definition) is 7. The third-order valence-electron chi connectivity index (χ3n) is 5.95. The van der Waals surface area contributed by atoms with Crippen molar-refractivity contribution < 1.29 is 19.4 Å². The van der Waals surface area contributed by atoms with Gasteiger partial charge in [-0.05, 0) is 36.4 Å². The van der Waals surface area contributed by atoms with E-state index in [1.165, 1.54) is 29.8 Å². The fraction of sp³-hybridized carbons (Fsp3) is 0.269. The molecule has 1 aromatic heterocycles. The maximum atomic E-state index is 13.4. The number of carbonyl (C=O) groups is 2. The zero-order valence-electron chi connectivity index (χ0n) is 19.1. The number of piperazine rings is 1. The lowest BCUT2D eigenvalue weighted by molar-refractivity contribution is 0.0601. The van der Waals surface area contributed by atoms with Gasteiger partial charge < -0.3 is 19.6 Å². The van der Waals surface area contributed by atoms with E-state index in [0.717, 1.165) is 26.2 Å². The normalized spacial score (nSPS) is 14.0. The molecule has 0 radical (unpaired) electrons. The van der Waals surface area contributed by atoms with Crippen molar-refractivity contribution in [1.82, 2.24) is 9.88 Å². The first kappa shape index (κ1) is 23.3. The SMILES string of the molecule is COC(=O)c1cccc(O)c1N(CCN1CCN(c2ccccc2)CC1)C(=O)c1ccccn1. The Morgan fingerprint density at radius 3 is 2.38 bits per heavy atom. The summed E-state index contributed by atoms with van der Waals surface area (Å²) >= 11 is 0. The number of rotatable bonds is 7. The van der Waals surface area contributed by atoms with E-state index in [9.17, 15) is 14.7 Å². The van der Waals surface area contributed by atoms with Crippen molar-refractivity contribution in [3.8, 4) is 5.75 Å². The molecule has 176 valence electrons. The van der Waals surface area contributed by atoms with Crippen molar-refractivity contribution in [3.05, 3.63) is 84.2 Å². The number of hydrogen-bond donors (Lipinski definition) is 1. The van der Waals surface area contributed by atoms with Gasteiger partial charge in [0.2, 0.25) is 0 Å². The molecular weight excluding hydrogens is 432 g/mol. The van der Waals surface area contributed by atoms with Crippen LogP contribution in [-0.2, 0) is 4.74 Å². The monoisotopic (exact) mass is 460 g/mol. The van der Waals surface area contributed by atoms with Crippen molar-refractivity contribution in [1.29, 1.82) is 0 Å². The molecule has 1 saturated heterocycles. The number of phenols is 1. The van der Waals surface area contributed by atoms with Crippen LogP contribution < -0.4 is 9.80 Å². The zero-order chi connectivity index (χ0) is 23.9. The summed E-state index contributed by atoms with van der Waals surface area (Å²) in [4.78, 5) is 36.1. The molecule has 2 aromatic carbocycles. The van der Waals surface area contributed by atoms with Crippen molar-refractivity contribution >= 4 is 23.3 Å². The van der Waals surface area contributed by atoms with Gasteiger partial charge in [0.15, 0.2) is 0 Å². The first-order valence-corrected chi connectivity index (χ1v) is 11.2. The van der Waals surface area contributed by atoms with Crippen molar-refractivity contribution in [2.75, 3.05) is 56.2 Å². The molecule has 0 atom stereocenters. The summed E-state index contributed by atoms with van der Waals surface area (Å²) in [5.41, 5.74) is 1.69. The summed E-state index contributed by atoms with van der Waals surface area (Å²) in [6.07, 6.45) is 1.54. The predicted octanol–water partition coefficient (Wildman–Crippen LogP) is 3.04. The van der Waals surface area contributed by atoms with E-state index in [1.54, 1.807) is 30.5 Å². The number of aromatic hydroxyl groups is 1. The number of para-hydroxylation sites is 2. The van der Waals surface area contributed by atoms with Gasteiger partial charge in [-0.3, -0.25) is 14.7 Å². The van der Waals surface area contributed by atoms with E-state index in [4.69, 9.17) is 4.74 Å². The summed E-state index contributed by atoms with van der Waals surface area (Å²) in [6.45, 7) is 4.29. The second-order valence-electron chi connectivity index (χ2n) is 8.00. The number of anilines is 2. The van der Waals surface area contributed by atoms with Crippen LogP contribution in [0.5, 0.6) is 5.75 Å². The first-order valence-electron chi connectivity index (χ1n) is 11.2. The van der Waals surface area contributed by atoms with E-state index in [2.05, 4.69) is 26.9 Å². The number of ether oxygens (including phenoxy) is 1. The molecule has 0 saturated carbocycles. The molecule has 1 aliphatic heterocycles. The molecule has 1 N–H and O–H groups in total. The third kappa shape index (κ3) is 5.18. The fourth-order valence-electron chi connectivity index (χ4n) is 4.14. The largest absolute Gasteiger partial charge is 0.506 e. The number of phenolic OH excluding ortho intramolecular Hbond substituents is 1. The van der Waals surface area contributed by atoms with Gasteiger partial charge in [0.25, 0.3) is 5.91 Å². The minimum atomic E-state index is -0.624. The summed E-state index contributed by atoms with van der Waals surface area (Å²) in [5.74, 6) is -1.18. The number of methoxy groups -OCH3 is 1. The molecule has 1 aliphatic rings. The van der Waals surface area contributed by atoms with Gasteiger partial charge >= 0.3 is 5.97 Å². The summed E-state index contributed by atoms with van der Waals surface area (Å²) in [7, 11) is 1.27. The van der Waals surface area contributed by atoms with Crippen molar-refractivity contribution in [2.45, 2.75) is 0 Å². The number of benzene rings is 2. The first-order chi connectivity index (χ1) is 16.6. The lowest BCUT2D eigenvalue weighted by atomic mass is 10.1. The number of amides is 1. The molecule has 34 heavy (non-hydrogen) atoms. The third-order valence-corrected chi connectivity index (χ3v) is 5.95. The molecule has 0 unspecified atom stereocenters. The van der Waals surface area contributed by atoms with Gasteiger partial charge in [-0.1, -0.05) is 30.3 Å². The summed E-state index contributed by atoms with van der Waals surface area (Å²) < 4.78 is 4.90. The highest BCUT2D eigenvalue weighted by atomic mass is 16.5. The Balaban J connectivity index is 1.54. The van der Waals surface area contributed by atoms with Crippen LogP contribution in [0.1, 0.15) is 20.8 Å². The van der Waals surface area contributed by atoms with Crippen LogP contribution in [0, 0.1) is 0 Å². The fourth-order valence-corrected chi connectivity index (χ4v) is 4.14. The van der Waals surface area contributed by atoms with Crippen LogP contribution in [0.25, 0.3) is 0 Å². The number of esters is 1. The Kier molecular flexibility index (Phi) is 7.39. The second-order valence-corrected chi connectivity index (χ2v) is 8.00. The van der Waals surface area contributed by atoms with Crippen LogP contribution in [-0.4, -0.2) is 73.2 Å². The Morgan fingerprint density at radius 1 is 0.971 bits per heavy atom. The van der Waals surface area contributed by atoms with Crippen LogP contribution in [0.15, 0.2) is 72.9 Å². The van der Waals surface area contributed by atoms with E-state index in [-0.39, 0.29) is 29.2 Å². The van der Waals surface area contributed by atoms with Gasteiger partial charge in [0.1, 0.15) is 17.1 Å². The van der Waals surface area contributed by atoms with Gasteiger partial charge in [-0.2, -0.15) is 0 Å². The zero-order valence-corrected chi connectivity index (χ0v) is 19.1. The topological polar surface area (TPSA) is 86.2 Å². The quantitative estimate of drug-likeness (QED) is 0.543. The number of carbonyl (C=O) groups excluding carboxylic acids is 2. The van der Waals surface area contributed by atoms with Gasteiger partial charge in [-0.15, -0.1) is 0 Å². The van der Waals surface area contributed by atoms with Gasteiger partial charge in [0, 0.05) is 51.2 Å². The predicted molar refractivity (Wildman–Crippen MR) is 130 cm³/mol. The molecular formula is C26H28N4O4. The lowest BCUT2D eigenvalue weighted by Gasteiger charge is -2.37. The van der Waals surface area contributed by atoms with Crippen molar-refractivity contribution in [3.63, 3.8) is 0 Å². The lowest BCUT2D eigenvalue weighted by Crippen LogP contribution is -2.49. The van der Waals surface area contributed by atoms with E-state index in [0.29, 0.717) is 6.54 Å². The molecule has 3 aromatic rings. The molecule has 2 heterocycles. The van der Waals surface area contributed by atoms with Crippen LogP contribution >= 0.6 is 0 Å². The average Bonchev–Trinajstić information content (AvgIpc) is 2.90. The van der Waals surface area contributed by atoms with Crippen LogP contribution in [0.4, 0.5) is 11.4 Å². The van der Waals surface area contributed by atoms with E-state index in [1.807, 2.05) is 18.2 Å². The highest BCUT2D eigenvalue weighted by Gasteiger charge is 2.28. The average molecular weight is 461 g/mol. The van der Waals surface area contributed by atoms with Crippen LogP contribution in [0.3, 0.4) is 0 Å². The summed E-state index contributed by atoms with van der Waals surface area (Å²) in [6, 6.07) is 19.9. The molecule has 8 nitrogen and oxygen atoms in total. The number of pyridine rings is 1. The number of nitrogens with zero attached hydrogens (tertiary/aromatic N) is 4. The highest BCUT2D eigenvalue weighted by Crippen LogP contribution is 2.33. The standard InChI is InChI=1S/C26H28N4O4/c1-34-26(33)21-10-7-12-23(31)24(21)30(25(32)22-11-5-6-13-27-22)19-16-28-14-17-29(18-15-28)20-8-3-2-4-9-20/h2-13,31H,14-19H2,1H3. The molecule has 8 heteroatoms. The van der Waals surface area contributed by atoms with E-state index < -0.39 is 11.9 Å². The Labute approximate surface area is 199 Å².